The summed E-state index contributed by atoms with van der Waals surface area (Å²) in [6, 6.07) is 15.6. The molecule has 1 aliphatic heterocycles. The predicted molar refractivity (Wildman–Crippen MR) is 177 cm³/mol. The van der Waals surface area contributed by atoms with Gasteiger partial charge >= 0.3 is 0 Å². The van der Waals surface area contributed by atoms with E-state index in [1.54, 1.807) is 37.3 Å². The molecular weight excluding hydrogens is 612 g/mol. The summed E-state index contributed by atoms with van der Waals surface area (Å²) in [6.45, 7) is 8.39. The topological polar surface area (TPSA) is 91.1 Å². The Morgan fingerprint density at radius 3 is 2.28 bits per heavy atom. The number of alkyl halides is 1. The highest BCUT2D eigenvalue weighted by Gasteiger charge is 2.28. The van der Waals surface area contributed by atoms with Crippen LogP contribution in [0.15, 0.2) is 65.1 Å². The van der Waals surface area contributed by atoms with E-state index in [0.717, 1.165) is 30.2 Å². The quantitative estimate of drug-likeness (QED) is 0.169. The molecule has 1 aromatic heterocycles. The highest BCUT2D eigenvalue weighted by atomic mass is 32.2. The number of fused-ring (bicyclic) bond motifs is 1. The van der Waals surface area contributed by atoms with Crippen molar-refractivity contribution in [2.45, 2.75) is 27.2 Å². The van der Waals surface area contributed by atoms with Gasteiger partial charge in [0.05, 0.1) is 24.1 Å². The summed E-state index contributed by atoms with van der Waals surface area (Å²) >= 11 is 0. The maximum Gasteiger partial charge on any atom is 0.253 e. The van der Waals surface area contributed by atoms with Gasteiger partial charge in [-0.1, -0.05) is 32.9 Å². The molecule has 0 saturated carbocycles. The van der Waals surface area contributed by atoms with Crippen molar-refractivity contribution < 1.29 is 31.2 Å². The second kappa shape index (κ2) is 13.7. The molecule has 8 nitrogen and oxygen atoms in total. The zero-order valence-electron chi connectivity index (χ0n) is 26.6. The molecule has 244 valence electrons. The fraction of sp³-hybridized carbons (Fsp3) is 0.371. The summed E-state index contributed by atoms with van der Waals surface area (Å²) < 4.78 is 60.6. The molecule has 2 heterocycles. The van der Waals surface area contributed by atoms with E-state index in [0.29, 0.717) is 46.6 Å². The van der Waals surface area contributed by atoms with Crippen molar-refractivity contribution in [3.8, 4) is 22.5 Å². The average Bonchev–Trinajstić information content (AvgIpc) is 3.40. The molecule has 0 spiro atoms. The SMILES string of the molecule is CCC(=O)c1c(-c2ccc(F)cc2)oc2cc(N(CCF)S(C)(=O)=O)c(-c3cccc(C(=O)N4CCN(CC(C)C)CC4)c3)cc12. The Morgan fingerprint density at radius 1 is 0.978 bits per heavy atom. The number of anilines is 1. The largest absolute Gasteiger partial charge is 0.455 e. The van der Waals surface area contributed by atoms with Crippen LogP contribution in [0.2, 0.25) is 0 Å². The van der Waals surface area contributed by atoms with Gasteiger partial charge in [-0.05, 0) is 53.9 Å². The molecule has 0 N–H and O–H groups in total. The number of Topliss-reactive ketones (excluding diaryl/α,β-unsaturated/α-hetero) is 1. The van der Waals surface area contributed by atoms with Gasteiger partial charge in [-0.2, -0.15) is 0 Å². The van der Waals surface area contributed by atoms with Crippen molar-refractivity contribution >= 4 is 38.4 Å². The van der Waals surface area contributed by atoms with Gasteiger partial charge in [0.25, 0.3) is 5.91 Å². The summed E-state index contributed by atoms with van der Waals surface area (Å²) in [5.74, 6) is -0.0525. The molecule has 1 saturated heterocycles. The average molecular weight is 652 g/mol. The first-order chi connectivity index (χ1) is 21.9. The van der Waals surface area contributed by atoms with Gasteiger partial charge in [0.15, 0.2) is 5.78 Å². The fourth-order valence-corrected chi connectivity index (χ4v) is 6.93. The van der Waals surface area contributed by atoms with E-state index < -0.39 is 29.1 Å². The first kappa shape index (κ1) is 33.3. The van der Waals surface area contributed by atoms with Crippen molar-refractivity contribution in [2.75, 3.05) is 56.5 Å². The molecule has 1 aliphatic rings. The van der Waals surface area contributed by atoms with Crippen LogP contribution in [0.25, 0.3) is 33.4 Å². The van der Waals surface area contributed by atoms with E-state index in [1.807, 2.05) is 4.90 Å². The van der Waals surface area contributed by atoms with Gasteiger partial charge in [-0.3, -0.25) is 18.8 Å². The van der Waals surface area contributed by atoms with E-state index in [9.17, 15) is 26.8 Å². The second-order valence-electron chi connectivity index (χ2n) is 12.0. The van der Waals surface area contributed by atoms with Gasteiger partial charge in [0, 0.05) is 67.3 Å². The van der Waals surface area contributed by atoms with Crippen molar-refractivity contribution in [3.63, 3.8) is 0 Å². The van der Waals surface area contributed by atoms with Crippen LogP contribution >= 0.6 is 0 Å². The number of ketones is 1. The molecule has 1 fully saturated rings. The standard InChI is InChI=1S/C35H39F2N3O5S/c1-5-31(41)33-29-20-28(25-7-6-8-26(19-25)35(42)39-17-15-38(16-18-39)22-23(2)3)30(40(14-13-36)46(4,43)44)21-32(29)45-34(33)24-9-11-27(37)12-10-24/h6-12,19-21,23H,5,13-18,22H2,1-4H3. The van der Waals surface area contributed by atoms with Gasteiger partial charge in [0.1, 0.15) is 23.8 Å². The normalized spacial score (nSPS) is 14.3. The number of benzene rings is 3. The van der Waals surface area contributed by atoms with Crippen LogP contribution in [0, 0.1) is 11.7 Å². The van der Waals surface area contributed by atoms with Crippen molar-refractivity contribution in [2.24, 2.45) is 5.92 Å². The summed E-state index contributed by atoms with van der Waals surface area (Å²) in [4.78, 5) is 31.1. The van der Waals surface area contributed by atoms with Crippen LogP contribution in [-0.2, 0) is 10.0 Å². The van der Waals surface area contributed by atoms with Crippen LogP contribution in [-0.4, -0.2) is 82.1 Å². The Hall–Kier alpha value is -4.09. The number of hydrogen-bond acceptors (Lipinski definition) is 6. The highest BCUT2D eigenvalue weighted by molar-refractivity contribution is 7.92. The smallest absolute Gasteiger partial charge is 0.253 e. The molecule has 0 unspecified atom stereocenters. The maximum absolute atomic E-state index is 13.8. The molecule has 46 heavy (non-hydrogen) atoms. The minimum atomic E-state index is -3.95. The number of nitrogens with zero attached hydrogens (tertiary/aromatic N) is 3. The molecule has 0 atom stereocenters. The molecule has 4 aromatic rings. The lowest BCUT2D eigenvalue weighted by Gasteiger charge is -2.35. The van der Waals surface area contributed by atoms with Crippen LogP contribution in [0.3, 0.4) is 0 Å². The van der Waals surface area contributed by atoms with Crippen molar-refractivity contribution in [1.29, 1.82) is 0 Å². The fourth-order valence-electron chi connectivity index (χ4n) is 6.02. The lowest BCUT2D eigenvalue weighted by molar-refractivity contribution is 0.0623. The van der Waals surface area contributed by atoms with Crippen LogP contribution in [0.1, 0.15) is 47.9 Å². The Balaban J connectivity index is 1.65. The molecule has 0 aliphatic carbocycles. The number of hydrogen-bond donors (Lipinski definition) is 0. The Bertz CT molecular complexity index is 1850. The molecule has 1 amide bonds. The second-order valence-corrected chi connectivity index (χ2v) is 14.0. The van der Waals surface area contributed by atoms with Gasteiger partial charge in [0.2, 0.25) is 10.0 Å². The summed E-state index contributed by atoms with van der Waals surface area (Å²) in [5.41, 5.74) is 2.46. The molecule has 5 rings (SSSR count). The lowest BCUT2D eigenvalue weighted by atomic mass is 9.95. The molecule has 3 aromatic carbocycles. The number of rotatable bonds is 11. The monoisotopic (exact) mass is 651 g/mol. The third-order valence-corrected chi connectivity index (χ3v) is 9.35. The van der Waals surface area contributed by atoms with Crippen molar-refractivity contribution in [1.82, 2.24) is 9.80 Å². The predicted octanol–water partition coefficient (Wildman–Crippen LogP) is 6.65. The Kier molecular flexibility index (Phi) is 9.93. The lowest BCUT2D eigenvalue weighted by Crippen LogP contribution is -2.49. The van der Waals surface area contributed by atoms with Gasteiger partial charge in [-0.15, -0.1) is 0 Å². The van der Waals surface area contributed by atoms with Crippen molar-refractivity contribution in [3.05, 3.63) is 77.6 Å². The zero-order valence-corrected chi connectivity index (χ0v) is 27.4. The first-order valence-corrected chi connectivity index (χ1v) is 17.3. The highest BCUT2D eigenvalue weighted by Crippen LogP contribution is 2.42. The van der Waals surface area contributed by atoms with Crippen LogP contribution in [0.4, 0.5) is 14.5 Å². The van der Waals surface area contributed by atoms with Gasteiger partial charge in [-0.25, -0.2) is 17.2 Å². The van der Waals surface area contributed by atoms with E-state index >= 15 is 0 Å². The van der Waals surface area contributed by atoms with Crippen LogP contribution < -0.4 is 4.31 Å². The number of halogens is 2. The van der Waals surface area contributed by atoms with E-state index in [1.165, 1.54) is 30.3 Å². The molecule has 0 radical (unpaired) electrons. The molecule has 11 heteroatoms. The first-order valence-electron chi connectivity index (χ1n) is 15.5. The Morgan fingerprint density at radius 2 is 1.67 bits per heavy atom. The number of furan rings is 1. The molecular formula is C35H39F2N3O5S. The number of carbonyl (C=O) groups is 2. The number of piperazine rings is 1. The van der Waals surface area contributed by atoms with Gasteiger partial charge < -0.3 is 9.32 Å². The number of sulfonamides is 1. The number of carbonyl (C=O) groups excluding carboxylic acids is 2. The maximum atomic E-state index is 13.8. The van der Waals surface area contributed by atoms with Crippen LogP contribution in [0.5, 0.6) is 0 Å². The summed E-state index contributed by atoms with van der Waals surface area (Å²) in [6.07, 6.45) is 1.15. The third-order valence-electron chi connectivity index (χ3n) is 8.17. The molecule has 0 bridgehead atoms. The number of amides is 1. The summed E-state index contributed by atoms with van der Waals surface area (Å²) in [5, 5.41) is 0.427. The zero-order chi connectivity index (χ0) is 33.2. The summed E-state index contributed by atoms with van der Waals surface area (Å²) in [7, 11) is -3.95. The minimum absolute atomic E-state index is 0.138. The minimum Gasteiger partial charge on any atom is -0.455 e. The van der Waals surface area contributed by atoms with E-state index in [2.05, 4.69) is 18.7 Å². The Labute approximate surface area is 268 Å². The van der Waals surface area contributed by atoms with E-state index in [-0.39, 0.29) is 40.7 Å². The van der Waals surface area contributed by atoms with E-state index in [4.69, 9.17) is 4.42 Å². The third kappa shape index (κ3) is 7.00.